The van der Waals surface area contributed by atoms with Crippen molar-refractivity contribution in [2.45, 2.75) is 30.9 Å². The maximum Gasteiger partial charge on any atom is 0.324 e. The molecule has 9 heteroatoms. The van der Waals surface area contributed by atoms with Crippen LogP contribution in [0, 0.1) is 11.3 Å². The highest BCUT2D eigenvalue weighted by Gasteiger charge is 2.57. The van der Waals surface area contributed by atoms with E-state index in [-0.39, 0.29) is 11.4 Å². The summed E-state index contributed by atoms with van der Waals surface area (Å²) in [6, 6.07) is 4.59. The molecule has 146 valence electrons. The smallest absolute Gasteiger partial charge is 0.324 e. The van der Waals surface area contributed by atoms with Gasteiger partial charge in [-0.25, -0.2) is 8.42 Å². The predicted octanol–water partition coefficient (Wildman–Crippen LogP) is 0.237. The summed E-state index contributed by atoms with van der Waals surface area (Å²) < 4.78 is 37.2. The highest BCUT2D eigenvalue weighted by Crippen LogP contribution is 2.44. The van der Waals surface area contributed by atoms with Gasteiger partial charge in [0.2, 0.25) is 10.0 Å². The maximum atomic E-state index is 13.1. The number of hydrogen-bond acceptors (Lipinski definition) is 7. The molecule has 0 spiro atoms. The summed E-state index contributed by atoms with van der Waals surface area (Å²) in [5, 5.41) is 19.6. The van der Waals surface area contributed by atoms with Gasteiger partial charge in [0, 0.05) is 12.5 Å². The molecule has 1 aliphatic heterocycles. The van der Waals surface area contributed by atoms with Gasteiger partial charge in [-0.3, -0.25) is 4.79 Å². The van der Waals surface area contributed by atoms with E-state index in [1.807, 2.05) is 0 Å². The van der Waals surface area contributed by atoms with Crippen molar-refractivity contribution < 1.29 is 32.9 Å². The van der Waals surface area contributed by atoms with Crippen LogP contribution in [0.1, 0.15) is 13.8 Å². The van der Waals surface area contributed by atoms with E-state index in [9.17, 15) is 23.4 Å². The van der Waals surface area contributed by atoms with Gasteiger partial charge in [0.25, 0.3) is 0 Å². The number of methoxy groups -OCH3 is 2. The third kappa shape index (κ3) is 3.57. The molecule has 0 amide bonds. The molecule has 1 saturated heterocycles. The molecule has 1 aromatic rings. The van der Waals surface area contributed by atoms with Crippen LogP contribution in [-0.2, 0) is 19.6 Å². The Hall–Kier alpha value is -1.68. The molecule has 26 heavy (non-hydrogen) atoms. The Morgan fingerprint density at radius 3 is 2.35 bits per heavy atom. The lowest BCUT2D eigenvalue weighted by molar-refractivity contribution is -0.148. The molecule has 0 radical (unpaired) electrons. The lowest BCUT2D eigenvalue weighted by Gasteiger charge is -2.31. The van der Waals surface area contributed by atoms with Crippen molar-refractivity contribution in [1.82, 2.24) is 4.31 Å². The number of aliphatic hydroxyl groups excluding tert-OH is 2. The molecule has 1 aliphatic rings. The molecule has 0 aliphatic carbocycles. The van der Waals surface area contributed by atoms with E-state index >= 15 is 0 Å². The average Bonchev–Trinajstić information content (AvgIpc) is 2.92. The van der Waals surface area contributed by atoms with Crippen LogP contribution in [0.15, 0.2) is 29.2 Å². The van der Waals surface area contributed by atoms with Gasteiger partial charge in [0.05, 0.1) is 31.8 Å². The minimum atomic E-state index is -4.03. The van der Waals surface area contributed by atoms with E-state index in [1.165, 1.54) is 31.4 Å². The number of carbonyl (C=O) groups excluding carboxylic acids is 1. The number of sulfonamides is 1. The second-order valence-corrected chi connectivity index (χ2v) is 8.85. The van der Waals surface area contributed by atoms with Crippen LogP contribution in [-0.4, -0.2) is 68.4 Å². The Morgan fingerprint density at radius 1 is 1.31 bits per heavy atom. The zero-order valence-corrected chi connectivity index (χ0v) is 16.1. The minimum Gasteiger partial charge on any atom is -0.497 e. The van der Waals surface area contributed by atoms with Crippen LogP contribution in [0.2, 0.25) is 0 Å². The maximum absolute atomic E-state index is 13.1. The van der Waals surface area contributed by atoms with Crippen molar-refractivity contribution in [3.63, 3.8) is 0 Å². The number of benzene rings is 1. The van der Waals surface area contributed by atoms with Crippen LogP contribution in [0.3, 0.4) is 0 Å². The molecular weight excluding hydrogens is 362 g/mol. The molecule has 2 rings (SSSR count). The van der Waals surface area contributed by atoms with Crippen LogP contribution in [0.25, 0.3) is 0 Å². The summed E-state index contributed by atoms with van der Waals surface area (Å²) in [6.07, 6.45) is -1.26. The number of carbonyl (C=O) groups is 1. The second kappa shape index (κ2) is 7.51. The van der Waals surface area contributed by atoms with Crippen LogP contribution in [0.4, 0.5) is 0 Å². The van der Waals surface area contributed by atoms with Crippen molar-refractivity contribution in [3.05, 3.63) is 24.3 Å². The van der Waals surface area contributed by atoms with Gasteiger partial charge < -0.3 is 19.7 Å². The van der Waals surface area contributed by atoms with E-state index in [2.05, 4.69) is 0 Å². The van der Waals surface area contributed by atoms with Crippen molar-refractivity contribution in [2.75, 3.05) is 27.4 Å². The third-order valence-electron chi connectivity index (χ3n) is 4.83. The number of aliphatic hydroxyl groups is 2. The largest absolute Gasteiger partial charge is 0.497 e. The number of rotatable bonds is 6. The summed E-state index contributed by atoms with van der Waals surface area (Å²) >= 11 is 0. The quantitative estimate of drug-likeness (QED) is 0.672. The lowest BCUT2D eigenvalue weighted by Crippen LogP contribution is -2.48. The zero-order chi connectivity index (χ0) is 19.7. The highest BCUT2D eigenvalue weighted by molar-refractivity contribution is 7.89. The molecule has 3 atom stereocenters. The number of ether oxygens (including phenoxy) is 2. The molecule has 2 N–H and O–H groups in total. The van der Waals surface area contributed by atoms with E-state index in [0.717, 1.165) is 11.4 Å². The number of hydrogen-bond donors (Lipinski definition) is 2. The third-order valence-corrected chi connectivity index (χ3v) is 6.67. The summed E-state index contributed by atoms with van der Waals surface area (Å²) in [5.74, 6) is -1.08. The Morgan fingerprint density at radius 2 is 1.88 bits per heavy atom. The molecule has 0 aromatic heterocycles. The molecule has 1 heterocycles. The van der Waals surface area contributed by atoms with Crippen molar-refractivity contribution in [2.24, 2.45) is 11.3 Å². The lowest BCUT2D eigenvalue weighted by atomic mass is 9.75. The Kier molecular flexibility index (Phi) is 5.96. The fourth-order valence-corrected chi connectivity index (χ4v) is 5.33. The first-order valence-corrected chi connectivity index (χ1v) is 9.57. The fourth-order valence-electron chi connectivity index (χ4n) is 3.56. The van der Waals surface area contributed by atoms with Gasteiger partial charge in [-0.2, -0.15) is 4.31 Å². The van der Waals surface area contributed by atoms with Gasteiger partial charge in [-0.05, 0) is 29.7 Å². The Bertz CT molecular complexity index is 745. The topological polar surface area (TPSA) is 113 Å². The SMILES string of the molecule is COC(=O)[C@H]1[C@H]([C@H](O)CO)C(C)(C)CN1S(=O)(=O)c1ccc(OC)cc1. The summed E-state index contributed by atoms with van der Waals surface area (Å²) in [5.41, 5.74) is -0.749. The zero-order valence-electron chi connectivity index (χ0n) is 15.2. The van der Waals surface area contributed by atoms with Crippen molar-refractivity contribution >= 4 is 16.0 Å². The first-order chi connectivity index (χ1) is 12.1. The molecule has 0 unspecified atom stereocenters. The van der Waals surface area contributed by atoms with Gasteiger partial charge in [0.15, 0.2) is 0 Å². The van der Waals surface area contributed by atoms with E-state index in [1.54, 1.807) is 13.8 Å². The summed E-state index contributed by atoms with van der Waals surface area (Å²) in [4.78, 5) is 12.4. The predicted molar refractivity (Wildman–Crippen MR) is 93.1 cm³/mol. The van der Waals surface area contributed by atoms with Crippen LogP contribution < -0.4 is 4.74 Å². The number of nitrogens with zero attached hydrogens (tertiary/aromatic N) is 1. The van der Waals surface area contributed by atoms with Gasteiger partial charge >= 0.3 is 5.97 Å². The molecule has 0 bridgehead atoms. The first-order valence-electron chi connectivity index (χ1n) is 8.12. The molecule has 1 aromatic carbocycles. The van der Waals surface area contributed by atoms with Gasteiger partial charge in [-0.1, -0.05) is 13.8 Å². The van der Waals surface area contributed by atoms with E-state index in [4.69, 9.17) is 9.47 Å². The number of esters is 1. The monoisotopic (exact) mass is 387 g/mol. The van der Waals surface area contributed by atoms with Crippen LogP contribution in [0.5, 0.6) is 5.75 Å². The van der Waals surface area contributed by atoms with E-state index < -0.39 is 46.1 Å². The normalized spacial score (nSPS) is 24.2. The molecule has 0 saturated carbocycles. The highest BCUT2D eigenvalue weighted by atomic mass is 32.2. The minimum absolute atomic E-state index is 0.00198. The summed E-state index contributed by atoms with van der Waals surface area (Å²) in [7, 11) is -1.40. The molecule has 1 fully saturated rings. The van der Waals surface area contributed by atoms with Crippen LogP contribution >= 0.6 is 0 Å². The molecule has 8 nitrogen and oxygen atoms in total. The van der Waals surface area contributed by atoms with Gasteiger partial charge in [-0.15, -0.1) is 0 Å². The fraction of sp³-hybridized carbons (Fsp3) is 0.588. The van der Waals surface area contributed by atoms with Crippen molar-refractivity contribution in [1.29, 1.82) is 0 Å². The average molecular weight is 387 g/mol. The van der Waals surface area contributed by atoms with Gasteiger partial charge in [0.1, 0.15) is 11.8 Å². The molecular formula is C17H25NO7S. The Labute approximate surface area is 153 Å². The standard InChI is InChI=1S/C17H25NO7S/c1-17(2)10-18(15(16(21)25-4)14(17)13(20)9-19)26(22,23)12-7-5-11(24-3)6-8-12/h5-8,13-15,19-20H,9-10H2,1-4H3/t13-,14+,15-/m1/s1. The Balaban J connectivity index is 2.52. The van der Waals surface area contributed by atoms with Crippen molar-refractivity contribution in [3.8, 4) is 5.75 Å². The first kappa shape index (κ1) is 20.6. The summed E-state index contributed by atoms with van der Waals surface area (Å²) in [6.45, 7) is 2.91. The second-order valence-electron chi connectivity index (χ2n) is 6.96. The van der Waals surface area contributed by atoms with E-state index in [0.29, 0.717) is 5.75 Å².